The van der Waals surface area contributed by atoms with Crippen LogP contribution in [0.3, 0.4) is 0 Å². The summed E-state index contributed by atoms with van der Waals surface area (Å²) >= 11 is 0. The van der Waals surface area contributed by atoms with Gasteiger partial charge in [0, 0.05) is 24.4 Å². The first kappa shape index (κ1) is 13.8. The number of rotatable bonds is 3. The Labute approximate surface area is 122 Å². The van der Waals surface area contributed by atoms with Crippen molar-refractivity contribution in [2.75, 3.05) is 0 Å². The van der Waals surface area contributed by atoms with Crippen LogP contribution in [0.1, 0.15) is 48.8 Å². The molecule has 2 aliphatic rings. The van der Waals surface area contributed by atoms with Gasteiger partial charge in [0.05, 0.1) is 0 Å². The molecule has 2 heterocycles. The van der Waals surface area contributed by atoms with Crippen molar-refractivity contribution in [1.82, 2.24) is 5.32 Å². The minimum Gasteiger partial charge on any atom is -0.311 e. The molecule has 20 heavy (non-hydrogen) atoms. The Morgan fingerprint density at radius 3 is 2.35 bits per heavy atom. The number of hydrogen-bond donors (Lipinski definition) is 1. The van der Waals surface area contributed by atoms with Gasteiger partial charge in [-0.25, -0.2) is 0 Å². The third-order valence-corrected chi connectivity index (χ3v) is 5.17. The predicted octanol–water partition coefficient (Wildman–Crippen LogP) is 3.34. The molecule has 0 spiro atoms. The Morgan fingerprint density at radius 1 is 1.15 bits per heavy atom. The molecule has 1 aromatic carbocycles. The summed E-state index contributed by atoms with van der Waals surface area (Å²) in [5.74, 6) is 0.742. The number of carbonyl (C=O) groups is 1. The second-order valence-electron chi connectivity index (χ2n) is 6.67. The molecule has 2 heteroatoms. The molecule has 0 aliphatic carbocycles. The van der Waals surface area contributed by atoms with E-state index in [9.17, 15) is 4.79 Å². The third kappa shape index (κ3) is 2.80. The van der Waals surface area contributed by atoms with Crippen molar-refractivity contribution in [2.45, 2.75) is 64.5 Å². The van der Waals surface area contributed by atoms with Gasteiger partial charge < -0.3 is 5.32 Å². The van der Waals surface area contributed by atoms with Crippen LogP contribution in [0, 0.1) is 19.8 Å². The molecule has 108 valence electrons. The van der Waals surface area contributed by atoms with Crippen LogP contribution in [-0.4, -0.2) is 17.9 Å². The topological polar surface area (TPSA) is 29.1 Å². The van der Waals surface area contributed by atoms with E-state index in [1.807, 2.05) is 0 Å². The second-order valence-corrected chi connectivity index (χ2v) is 6.67. The fourth-order valence-electron chi connectivity index (χ4n) is 3.97. The van der Waals surface area contributed by atoms with Crippen LogP contribution in [0.5, 0.6) is 0 Å². The molecule has 0 amide bonds. The van der Waals surface area contributed by atoms with E-state index in [4.69, 9.17) is 0 Å². The molecule has 0 aromatic heterocycles. The van der Waals surface area contributed by atoms with Gasteiger partial charge in [-0.1, -0.05) is 24.6 Å². The maximum atomic E-state index is 12.7. The van der Waals surface area contributed by atoms with Gasteiger partial charge in [-0.05, 0) is 56.2 Å². The lowest BCUT2D eigenvalue weighted by Gasteiger charge is -2.39. The molecule has 2 nitrogen and oxygen atoms in total. The van der Waals surface area contributed by atoms with Crippen LogP contribution in [0.2, 0.25) is 0 Å². The largest absolute Gasteiger partial charge is 0.311 e. The smallest absolute Gasteiger partial charge is 0.140 e. The fourth-order valence-corrected chi connectivity index (χ4v) is 3.97. The zero-order valence-electron chi connectivity index (χ0n) is 12.6. The summed E-state index contributed by atoms with van der Waals surface area (Å²) in [6.07, 6.45) is 6.58. The number of Topliss-reactive ketones (excluding diaryl/α,β-unsaturated/α-hetero) is 1. The second kappa shape index (κ2) is 5.69. The molecule has 1 N–H and O–H groups in total. The zero-order valence-corrected chi connectivity index (χ0v) is 12.6. The summed E-state index contributed by atoms with van der Waals surface area (Å²) in [7, 11) is 0. The average molecular weight is 271 g/mol. The molecule has 2 aliphatic heterocycles. The Hall–Kier alpha value is -1.15. The Kier molecular flexibility index (Phi) is 3.93. The number of hydrogen-bond acceptors (Lipinski definition) is 2. The van der Waals surface area contributed by atoms with Crippen LogP contribution >= 0.6 is 0 Å². The number of ketones is 1. The van der Waals surface area contributed by atoms with E-state index in [1.165, 1.54) is 36.0 Å². The maximum Gasteiger partial charge on any atom is 0.140 e. The first-order chi connectivity index (χ1) is 9.63. The van der Waals surface area contributed by atoms with E-state index in [-0.39, 0.29) is 5.92 Å². The average Bonchev–Trinajstić information content (AvgIpc) is 2.42. The predicted molar refractivity (Wildman–Crippen MR) is 81.9 cm³/mol. The van der Waals surface area contributed by atoms with Crippen molar-refractivity contribution in [3.05, 3.63) is 34.9 Å². The van der Waals surface area contributed by atoms with Crippen molar-refractivity contribution < 1.29 is 4.79 Å². The van der Waals surface area contributed by atoms with Crippen molar-refractivity contribution in [3.63, 3.8) is 0 Å². The molecular weight excluding hydrogens is 246 g/mol. The lowest BCUT2D eigenvalue weighted by molar-refractivity contribution is -0.124. The quantitative estimate of drug-likeness (QED) is 0.913. The van der Waals surface area contributed by atoms with Crippen molar-refractivity contribution in [3.8, 4) is 0 Å². The number of piperidine rings is 2. The SMILES string of the molecule is Cc1cccc(C)c1CC(=O)C1CC2CCCC(C1)N2. The molecule has 3 rings (SSSR count). The molecule has 2 unspecified atom stereocenters. The van der Waals surface area contributed by atoms with Crippen molar-refractivity contribution in [1.29, 1.82) is 0 Å². The van der Waals surface area contributed by atoms with Gasteiger partial charge in [-0.15, -0.1) is 0 Å². The van der Waals surface area contributed by atoms with Crippen molar-refractivity contribution >= 4 is 5.78 Å². The number of nitrogens with one attached hydrogen (secondary N) is 1. The van der Waals surface area contributed by atoms with Crippen LogP contribution < -0.4 is 5.32 Å². The molecular formula is C18H25NO. The van der Waals surface area contributed by atoms with Crippen LogP contribution in [-0.2, 0) is 11.2 Å². The highest BCUT2D eigenvalue weighted by molar-refractivity contribution is 5.84. The summed E-state index contributed by atoms with van der Waals surface area (Å²) < 4.78 is 0. The summed E-state index contributed by atoms with van der Waals surface area (Å²) in [5.41, 5.74) is 3.76. The molecule has 2 bridgehead atoms. The molecule has 1 aromatic rings. The van der Waals surface area contributed by atoms with Gasteiger partial charge in [0.15, 0.2) is 0 Å². The molecule has 0 radical (unpaired) electrons. The molecule has 2 fully saturated rings. The Morgan fingerprint density at radius 2 is 1.75 bits per heavy atom. The van der Waals surface area contributed by atoms with E-state index in [0.717, 1.165) is 12.8 Å². The van der Waals surface area contributed by atoms with Crippen LogP contribution in [0.4, 0.5) is 0 Å². The highest BCUT2D eigenvalue weighted by Crippen LogP contribution is 2.31. The van der Waals surface area contributed by atoms with Crippen molar-refractivity contribution in [2.24, 2.45) is 5.92 Å². The summed E-state index contributed by atoms with van der Waals surface area (Å²) in [4.78, 5) is 12.7. The number of fused-ring (bicyclic) bond motifs is 2. The van der Waals surface area contributed by atoms with E-state index in [0.29, 0.717) is 24.3 Å². The Bertz CT molecular complexity index is 476. The number of aryl methyl sites for hydroxylation is 2. The Balaban J connectivity index is 1.70. The number of carbonyl (C=O) groups excluding carboxylic acids is 1. The summed E-state index contributed by atoms with van der Waals surface area (Å²) in [5, 5.41) is 3.67. The van der Waals surface area contributed by atoms with Crippen LogP contribution in [0.25, 0.3) is 0 Å². The summed E-state index contributed by atoms with van der Waals surface area (Å²) in [6, 6.07) is 7.50. The minimum absolute atomic E-state index is 0.283. The molecule has 0 saturated carbocycles. The van der Waals surface area contributed by atoms with Gasteiger partial charge in [0.2, 0.25) is 0 Å². The maximum absolute atomic E-state index is 12.7. The molecule has 2 atom stereocenters. The van der Waals surface area contributed by atoms with Gasteiger partial charge in [-0.2, -0.15) is 0 Å². The monoisotopic (exact) mass is 271 g/mol. The van der Waals surface area contributed by atoms with Gasteiger partial charge >= 0.3 is 0 Å². The fraction of sp³-hybridized carbons (Fsp3) is 0.611. The van der Waals surface area contributed by atoms with Gasteiger partial charge in [0.25, 0.3) is 0 Å². The third-order valence-electron chi connectivity index (χ3n) is 5.17. The van der Waals surface area contributed by atoms with Gasteiger partial charge in [-0.3, -0.25) is 4.79 Å². The highest BCUT2D eigenvalue weighted by atomic mass is 16.1. The lowest BCUT2D eigenvalue weighted by Crippen LogP contribution is -2.50. The standard InChI is InChI=1S/C18H25NO/c1-12-5-3-6-13(2)17(12)11-18(20)14-9-15-7-4-8-16(10-14)19-15/h3,5-6,14-16,19H,4,7-11H2,1-2H3. The highest BCUT2D eigenvalue weighted by Gasteiger charge is 2.34. The number of benzene rings is 1. The van der Waals surface area contributed by atoms with Gasteiger partial charge in [0.1, 0.15) is 5.78 Å². The lowest BCUT2D eigenvalue weighted by atomic mass is 9.77. The first-order valence-corrected chi connectivity index (χ1v) is 7.97. The van der Waals surface area contributed by atoms with E-state index >= 15 is 0 Å². The van der Waals surface area contributed by atoms with Crippen LogP contribution in [0.15, 0.2) is 18.2 Å². The zero-order chi connectivity index (χ0) is 14.1. The molecule has 2 saturated heterocycles. The minimum atomic E-state index is 0.283. The first-order valence-electron chi connectivity index (χ1n) is 7.97. The van der Waals surface area contributed by atoms with E-state index in [1.54, 1.807) is 0 Å². The van der Waals surface area contributed by atoms with E-state index < -0.39 is 0 Å². The normalized spacial score (nSPS) is 29.2. The van der Waals surface area contributed by atoms with E-state index in [2.05, 4.69) is 37.4 Å². The summed E-state index contributed by atoms with van der Waals surface area (Å²) in [6.45, 7) is 4.24.